The highest BCUT2D eigenvalue weighted by molar-refractivity contribution is 6.32. The Morgan fingerprint density at radius 2 is 1.92 bits per heavy atom. The first-order chi connectivity index (χ1) is 12.0. The molecule has 25 heavy (non-hydrogen) atoms. The zero-order chi connectivity index (χ0) is 18.0. The molecular weight excluding hydrogens is 344 g/mol. The number of hydrogen-bond donors (Lipinski definition) is 1. The highest BCUT2D eigenvalue weighted by Gasteiger charge is 2.17. The van der Waals surface area contributed by atoms with Crippen molar-refractivity contribution in [1.82, 2.24) is 9.78 Å². The van der Waals surface area contributed by atoms with Crippen LogP contribution in [0, 0.1) is 17.0 Å². The van der Waals surface area contributed by atoms with Gasteiger partial charge in [0.2, 0.25) is 0 Å². The Morgan fingerprint density at radius 3 is 2.60 bits per heavy atom. The summed E-state index contributed by atoms with van der Waals surface area (Å²) < 4.78 is 1.65. The predicted molar refractivity (Wildman–Crippen MR) is 94.4 cm³/mol. The molecule has 2 aromatic carbocycles. The lowest BCUT2D eigenvalue weighted by atomic mass is 10.2. The van der Waals surface area contributed by atoms with Gasteiger partial charge in [-0.25, -0.2) is 4.68 Å². The number of rotatable bonds is 4. The maximum Gasteiger partial charge on any atom is 0.289 e. The van der Waals surface area contributed by atoms with Gasteiger partial charge in [0.05, 0.1) is 10.6 Å². The van der Waals surface area contributed by atoms with E-state index >= 15 is 0 Å². The number of para-hydroxylation sites is 1. The number of carbonyl (C=O) groups excluding carboxylic acids is 1. The second-order valence-electron chi connectivity index (χ2n) is 5.30. The Hall–Kier alpha value is -3.19. The Balaban J connectivity index is 1.85. The summed E-state index contributed by atoms with van der Waals surface area (Å²) in [6.45, 7) is 1.84. The van der Waals surface area contributed by atoms with Crippen LogP contribution in [0.3, 0.4) is 0 Å². The number of hydrogen-bond acceptors (Lipinski definition) is 4. The first-order valence-corrected chi connectivity index (χ1v) is 7.71. The average molecular weight is 357 g/mol. The topological polar surface area (TPSA) is 90.1 Å². The fourth-order valence-corrected chi connectivity index (χ4v) is 2.53. The van der Waals surface area contributed by atoms with Crippen LogP contribution >= 0.6 is 11.6 Å². The summed E-state index contributed by atoms with van der Waals surface area (Å²) in [5, 5.41) is 17.8. The summed E-state index contributed by atoms with van der Waals surface area (Å²) in [5.41, 5.74) is 1.83. The van der Waals surface area contributed by atoms with Crippen molar-refractivity contribution >= 4 is 28.9 Å². The lowest BCUT2D eigenvalue weighted by Gasteiger charge is -2.04. The molecular formula is C17H13ClN4O3. The minimum atomic E-state index is -0.605. The van der Waals surface area contributed by atoms with E-state index in [1.165, 1.54) is 18.2 Å². The third-order valence-corrected chi connectivity index (χ3v) is 3.84. The molecule has 1 N–H and O–H groups in total. The first kappa shape index (κ1) is 16.7. The summed E-state index contributed by atoms with van der Waals surface area (Å²) in [7, 11) is 0. The van der Waals surface area contributed by atoms with Crippen molar-refractivity contribution in [3.05, 3.63) is 81.1 Å². The summed E-state index contributed by atoms with van der Waals surface area (Å²) in [4.78, 5) is 22.7. The van der Waals surface area contributed by atoms with Crippen LogP contribution in [0.15, 0.2) is 54.6 Å². The van der Waals surface area contributed by atoms with Crippen molar-refractivity contribution in [2.24, 2.45) is 0 Å². The van der Waals surface area contributed by atoms with Crippen molar-refractivity contribution in [1.29, 1.82) is 0 Å². The molecule has 0 atom stereocenters. The van der Waals surface area contributed by atoms with E-state index in [0.29, 0.717) is 0 Å². The van der Waals surface area contributed by atoms with Crippen LogP contribution in [-0.4, -0.2) is 20.6 Å². The zero-order valence-electron chi connectivity index (χ0n) is 13.1. The van der Waals surface area contributed by atoms with Crippen LogP contribution in [0.2, 0.25) is 5.02 Å². The molecule has 0 saturated carbocycles. The quantitative estimate of drug-likeness (QED) is 0.565. The number of nitrogens with zero attached hydrogens (tertiary/aromatic N) is 3. The Kier molecular flexibility index (Phi) is 4.49. The van der Waals surface area contributed by atoms with Gasteiger partial charge >= 0.3 is 0 Å². The van der Waals surface area contributed by atoms with E-state index in [4.69, 9.17) is 11.6 Å². The zero-order valence-corrected chi connectivity index (χ0v) is 13.9. The number of aryl methyl sites for hydroxylation is 1. The first-order valence-electron chi connectivity index (χ1n) is 7.33. The number of benzene rings is 2. The molecule has 0 aliphatic rings. The summed E-state index contributed by atoms with van der Waals surface area (Å²) in [5.74, 6) is -0.464. The van der Waals surface area contributed by atoms with Crippen LogP contribution in [-0.2, 0) is 0 Å². The number of nitro groups is 1. The fourth-order valence-electron chi connectivity index (χ4n) is 2.34. The number of amides is 1. The van der Waals surface area contributed by atoms with Crippen molar-refractivity contribution in [3.63, 3.8) is 0 Å². The molecule has 1 amide bonds. The van der Waals surface area contributed by atoms with Crippen LogP contribution in [0.1, 0.15) is 16.2 Å². The Labute approximate surface area is 148 Å². The SMILES string of the molecule is Cc1cc(C(=O)Nc2ccc(Cl)c([N+](=O)[O-])c2)nn1-c1ccccc1. The molecule has 0 fully saturated rings. The highest BCUT2D eigenvalue weighted by Crippen LogP contribution is 2.27. The van der Waals surface area contributed by atoms with Gasteiger partial charge < -0.3 is 5.32 Å². The van der Waals surface area contributed by atoms with Crippen LogP contribution in [0.4, 0.5) is 11.4 Å². The van der Waals surface area contributed by atoms with Gasteiger partial charge in [0.15, 0.2) is 5.69 Å². The normalized spacial score (nSPS) is 10.5. The van der Waals surface area contributed by atoms with Gasteiger partial charge in [-0.3, -0.25) is 14.9 Å². The van der Waals surface area contributed by atoms with Gasteiger partial charge in [0, 0.05) is 17.4 Å². The number of anilines is 1. The molecule has 7 nitrogen and oxygen atoms in total. The van der Waals surface area contributed by atoms with E-state index in [0.717, 1.165) is 11.4 Å². The Bertz CT molecular complexity index is 954. The summed E-state index contributed by atoms with van der Waals surface area (Å²) in [6, 6.07) is 15.1. The molecule has 3 aromatic rings. The van der Waals surface area contributed by atoms with Crippen LogP contribution in [0.5, 0.6) is 0 Å². The van der Waals surface area contributed by atoms with Gasteiger partial charge in [0.25, 0.3) is 11.6 Å². The highest BCUT2D eigenvalue weighted by atomic mass is 35.5. The molecule has 0 aliphatic heterocycles. The molecule has 0 radical (unpaired) electrons. The predicted octanol–water partition coefficient (Wildman–Crippen LogP) is 3.99. The molecule has 0 aliphatic carbocycles. The van der Waals surface area contributed by atoms with Gasteiger partial charge in [-0.1, -0.05) is 29.8 Å². The molecule has 0 bridgehead atoms. The van der Waals surface area contributed by atoms with Crippen LogP contribution in [0.25, 0.3) is 5.69 Å². The third-order valence-electron chi connectivity index (χ3n) is 3.52. The van der Waals surface area contributed by atoms with Gasteiger partial charge in [-0.05, 0) is 37.3 Å². The van der Waals surface area contributed by atoms with Crippen molar-refractivity contribution in [2.75, 3.05) is 5.32 Å². The lowest BCUT2D eigenvalue weighted by molar-refractivity contribution is -0.384. The lowest BCUT2D eigenvalue weighted by Crippen LogP contribution is -2.13. The fraction of sp³-hybridized carbons (Fsp3) is 0.0588. The molecule has 8 heteroatoms. The standard InChI is InChI=1S/C17H13ClN4O3/c1-11-9-15(20-21(11)13-5-3-2-4-6-13)17(23)19-12-7-8-14(18)16(10-12)22(24)25/h2-10H,1H3,(H,19,23). The number of halogens is 1. The van der Waals surface area contributed by atoms with Gasteiger partial charge in [0.1, 0.15) is 5.02 Å². The minimum Gasteiger partial charge on any atom is -0.320 e. The maximum absolute atomic E-state index is 12.4. The number of aromatic nitrogens is 2. The number of nitrogens with one attached hydrogen (secondary N) is 1. The smallest absolute Gasteiger partial charge is 0.289 e. The molecule has 1 aromatic heterocycles. The van der Waals surface area contributed by atoms with E-state index in [2.05, 4.69) is 10.4 Å². The minimum absolute atomic E-state index is 0.00667. The molecule has 0 unspecified atom stereocenters. The second kappa shape index (κ2) is 6.74. The largest absolute Gasteiger partial charge is 0.320 e. The summed E-state index contributed by atoms with van der Waals surface area (Å²) in [6.07, 6.45) is 0. The van der Waals surface area contributed by atoms with Crippen LogP contribution < -0.4 is 5.32 Å². The average Bonchev–Trinajstić information content (AvgIpc) is 2.99. The van der Waals surface area contributed by atoms with E-state index < -0.39 is 10.8 Å². The van der Waals surface area contributed by atoms with Crippen molar-refractivity contribution < 1.29 is 9.72 Å². The third kappa shape index (κ3) is 3.51. The maximum atomic E-state index is 12.4. The number of carbonyl (C=O) groups is 1. The molecule has 0 saturated heterocycles. The Morgan fingerprint density at radius 1 is 1.20 bits per heavy atom. The van der Waals surface area contributed by atoms with E-state index in [9.17, 15) is 14.9 Å². The van der Waals surface area contributed by atoms with E-state index in [1.807, 2.05) is 37.3 Å². The van der Waals surface area contributed by atoms with Gasteiger partial charge in [-0.2, -0.15) is 5.10 Å². The van der Waals surface area contributed by atoms with E-state index in [-0.39, 0.29) is 22.1 Å². The molecule has 0 spiro atoms. The monoisotopic (exact) mass is 356 g/mol. The van der Waals surface area contributed by atoms with Crippen molar-refractivity contribution in [3.8, 4) is 5.69 Å². The number of nitro benzene ring substituents is 1. The second-order valence-corrected chi connectivity index (χ2v) is 5.70. The molecule has 3 rings (SSSR count). The van der Waals surface area contributed by atoms with Crippen molar-refractivity contribution in [2.45, 2.75) is 6.92 Å². The van der Waals surface area contributed by atoms with E-state index in [1.54, 1.807) is 10.7 Å². The summed E-state index contributed by atoms with van der Waals surface area (Å²) >= 11 is 5.77. The molecule has 1 heterocycles. The van der Waals surface area contributed by atoms with Gasteiger partial charge in [-0.15, -0.1) is 0 Å². The molecule has 126 valence electrons.